The van der Waals surface area contributed by atoms with Crippen molar-refractivity contribution < 1.29 is 14.4 Å². The number of aromatic nitrogens is 2. The quantitative estimate of drug-likeness (QED) is 0.805. The monoisotopic (exact) mass is 227 g/mol. The molecule has 2 heterocycles. The molecule has 90 valence electrons. The van der Waals surface area contributed by atoms with E-state index in [1.165, 1.54) is 0 Å². The Morgan fingerprint density at radius 2 is 2.00 bits per heavy atom. The molecule has 6 nitrogen and oxygen atoms in total. The summed E-state index contributed by atoms with van der Waals surface area (Å²) >= 11 is 0. The molecule has 1 fully saturated rings. The number of aliphatic hydroxyl groups excluding tert-OH is 1. The molecule has 2 atom stereocenters. The van der Waals surface area contributed by atoms with Crippen LogP contribution in [0.1, 0.15) is 25.7 Å². The van der Waals surface area contributed by atoms with E-state index in [-0.39, 0.29) is 5.92 Å². The second-order valence-electron chi connectivity index (χ2n) is 4.06. The molecule has 1 aromatic heterocycles. The van der Waals surface area contributed by atoms with Gasteiger partial charge in [0.25, 0.3) is 5.95 Å². The number of rotatable bonds is 3. The first kappa shape index (κ1) is 11.3. The number of hydrogen-bond acceptors (Lipinski definition) is 6. The second kappa shape index (κ2) is 4.80. The second-order valence-corrected chi connectivity index (χ2v) is 4.06. The van der Waals surface area contributed by atoms with E-state index >= 15 is 0 Å². The van der Waals surface area contributed by atoms with Gasteiger partial charge in [-0.3, -0.25) is 0 Å². The summed E-state index contributed by atoms with van der Waals surface area (Å²) in [5, 5.41) is 13.3. The number of anilines is 1. The van der Waals surface area contributed by atoms with Crippen molar-refractivity contribution in [3.05, 3.63) is 5.89 Å². The molecule has 1 saturated heterocycles. The number of ether oxygens (including phenoxy) is 1. The van der Waals surface area contributed by atoms with Gasteiger partial charge in [-0.2, -0.15) is 4.98 Å². The topological polar surface area (TPSA) is 71.6 Å². The minimum absolute atomic E-state index is 0.137. The highest BCUT2D eigenvalue weighted by molar-refractivity contribution is 5.28. The van der Waals surface area contributed by atoms with Crippen LogP contribution in [0.5, 0.6) is 0 Å². The lowest BCUT2D eigenvalue weighted by molar-refractivity contribution is 0.121. The van der Waals surface area contributed by atoms with Crippen LogP contribution in [0.2, 0.25) is 0 Å². The largest absolute Gasteiger partial charge is 0.393 e. The van der Waals surface area contributed by atoms with Gasteiger partial charge >= 0.3 is 0 Å². The number of hydrogen-bond donors (Lipinski definition) is 1. The molecule has 0 radical (unpaired) electrons. The molecular formula is C10H17N3O3. The standard InChI is InChI=1S/C10H17N3O3/c1-7(8(2)14)9-11-10(12-16-9)13-3-5-15-6-4-13/h7-8,14H,3-6H2,1-2H3. The van der Waals surface area contributed by atoms with Gasteiger partial charge in [0.1, 0.15) is 0 Å². The number of aliphatic hydroxyl groups is 1. The molecule has 0 aromatic carbocycles. The zero-order chi connectivity index (χ0) is 11.5. The Balaban J connectivity index is 2.06. The van der Waals surface area contributed by atoms with E-state index in [4.69, 9.17) is 9.26 Å². The minimum Gasteiger partial charge on any atom is -0.393 e. The molecule has 0 aliphatic carbocycles. The average molecular weight is 227 g/mol. The molecule has 2 unspecified atom stereocenters. The van der Waals surface area contributed by atoms with E-state index in [1.807, 2.05) is 11.8 Å². The predicted octanol–water partition coefficient (Wildman–Crippen LogP) is 0.390. The Bertz CT molecular complexity index is 334. The third-order valence-electron chi connectivity index (χ3n) is 2.84. The molecule has 2 rings (SSSR count). The van der Waals surface area contributed by atoms with E-state index in [9.17, 15) is 5.11 Å². The summed E-state index contributed by atoms with van der Waals surface area (Å²) in [4.78, 5) is 6.31. The minimum atomic E-state index is -0.488. The molecule has 1 aliphatic heterocycles. The first-order chi connectivity index (χ1) is 7.68. The van der Waals surface area contributed by atoms with Crippen molar-refractivity contribution in [3.8, 4) is 0 Å². The third-order valence-corrected chi connectivity index (χ3v) is 2.84. The molecule has 0 spiro atoms. The van der Waals surface area contributed by atoms with Gasteiger partial charge < -0.3 is 19.3 Å². The summed E-state index contributed by atoms with van der Waals surface area (Å²) in [5.74, 6) is 0.935. The molecule has 1 aromatic rings. The third kappa shape index (κ3) is 2.33. The molecule has 0 bridgehead atoms. The van der Waals surface area contributed by atoms with E-state index in [2.05, 4.69) is 10.1 Å². The lowest BCUT2D eigenvalue weighted by Crippen LogP contribution is -2.36. The van der Waals surface area contributed by atoms with Gasteiger partial charge in [0, 0.05) is 13.1 Å². The maximum Gasteiger partial charge on any atom is 0.266 e. The van der Waals surface area contributed by atoms with Crippen molar-refractivity contribution >= 4 is 5.95 Å². The van der Waals surface area contributed by atoms with Crippen molar-refractivity contribution in [2.75, 3.05) is 31.2 Å². The number of nitrogens with zero attached hydrogens (tertiary/aromatic N) is 3. The van der Waals surface area contributed by atoms with Crippen molar-refractivity contribution in [3.63, 3.8) is 0 Å². The smallest absolute Gasteiger partial charge is 0.266 e. The van der Waals surface area contributed by atoms with Gasteiger partial charge in [-0.25, -0.2) is 0 Å². The fraction of sp³-hybridized carbons (Fsp3) is 0.800. The van der Waals surface area contributed by atoms with Crippen LogP contribution in [0.15, 0.2) is 4.52 Å². The first-order valence-electron chi connectivity index (χ1n) is 5.53. The summed E-state index contributed by atoms with van der Waals surface area (Å²) in [6.07, 6.45) is -0.488. The van der Waals surface area contributed by atoms with E-state index in [1.54, 1.807) is 6.92 Å². The molecule has 0 saturated carbocycles. The van der Waals surface area contributed by atoms with Crippen LogP contribution >= 0.6 is 0 Å². The van der Waals surface area contributed by atoms with Crippen LogP contribution in [0, 0.1) is 0 Å². The highest BCUT2D eigenvalue weighted by atomic mass is 16.5. The zero-order valence-electron chi connectivity index (χ0n) is 9.59. The highest BCUT2D eigenvalue weighted by Crippen LogP contribution is 2.20. The zero-order valence-corrected chi connectivity index (χ0v) is 9.59. The van der Waals surface area contributed by atoms with Gasteiger partial charge in [-0.05, 0) is 12.1 Å². The normalized spacial score (nSPS) is 20.8. The summed E-state index contributed by atoms with van der Waals surface area (Å²) in [7, 11) is 0. The summed E-state index contributed by atoms with van der Waals surface area (Å²) in [6.45, 7) is 6.51. The summed E-state index contributed by atoms with van der Waals surface area (Å²) in [5.41, 5.74) is 0. The lowest BCUT2D eigenvalue weighted by Gasteiger charge is -2.24. The van der Waals surface area contributed by atoms with Crippen LogP contribution in [0.3, 0.4) is 0 Å². The molecular weight excluding hydrogens is 210 g/mol. The maximum absolute atomic E-state index is 9.43. The van der Waals surface area contributed by atoms with Crippen molar-refractivity contribution in [2.45, 2.75) is 25.9 Å². The van der Waals surface area contributed by atoms with Crippen molar-refractivity contribution in [2.24, 2.45) is 0 Å². The molecule has 1 N–H and O–H groups in total. The lowest BCUT2D eigenvalue weighted by atomic mass is 10.1. The first-order valence-corrected chi connectivity index (χ1v) is 5.53. The maximum atomic E-state index is 9.43. The van der Waals surface area contributed by atoms with Crippen molar-refractivity contribution in [1.29, 1.82) is 0 Å². The van der Waals surface area contributed by atoms with Crippen LogP contribution in [0.4, 0.5) is 5.95 Å². The summed E-state index contributed by atoms with van der Waals surface area (Å²) in [6, 6.07) is 0. The van der Waals surface area contributed by atoms with Crippen LogP contribution in [0.25, 0.3) is 0 Å². The Labute approximate surface area is 94.2 Å². The fourth-order valence-electron chi connectivity index (χ4n) is 1.51. The van der Waals surface area contributed by atoms with Gasteiger partial charge in [0.2, 0.25) is 5.89 Å². The Kier molecular flexibility index (Phi) is 3.40. The van der Waals surface area contributed by atoms with Gasteiger partial charge in [0.15, 0.2) is 0 Å². The fourth-order valence-corrected chi connectivity index (χ4v) is 1.51. The van der Waals surface area contributed by atoms with Crippen molar-refractivity contribution in [1.82, 2.24) is 10.1 Å². The SMILES string of the molecule is CC(O)C(C)c1nc(N2CCOCC2)no1. The van der Waals surface area contributed by atoms with E-state index in [0.717, 1.165) is 13.1 Å². The van der Waals surface area contributed by atoms with Gasteiger partial charge in [-0.1, -0.05) is 6.92 Å². The van der Waals surface area contributed by atoms with Crippen LogP contribution in [-0.4, -0.2) is 47.7 Å². The predicted molar refractivity (Wildman–Crippen MR) is 57.4 cm³/mol. The van der Waals surface area contributed by atoms with E-state index in [0.29, 0.717) is 25.1 Å². The Morgan fingerprint density at radius 1 is 1.31 bits per heavy atom. The van der Waals surface area contributed by atoms with Crippen LogP contribution < -0.4 is 4.90 Å². The van der Waals surface area contributed by atoms with Gasteiger partial charge in [0.05, 0.1) is 25.2 Å². The molecule has 6 heteroatoms. The Morgan fingerprint density at radius 3 is 2.62 bits per heavy atom. The molecule has 16 heavy (non-hydrogen) atoms. The molecule has 0 amide bonds. The Hall–Kier alpha value is -1.14. The highest BCUT2D eigenvalue weighted by Gasteiger charge is 2.22. The molecule has 1 aliphatic rings. The van der Waals surface area contributed by atoms with Crippen LogP contribution in [-0.2, 0) is 4.74 Å². The summed E-state index contributed by atoms with van der Waals surface area (Å²) < 4.78 is 10.4. The number of morpholine rings is 1. The van der Waals surface area contributed by atoms with E-state index < -0.39 is 6.10 Å². The van der Waals surface area contributed by atoms with Gasteiger partial charge in [-0.15, -0.1) is 0 Å². The average Bonchev–Trinajstić information content (AvgIpc) is 2.78.